The van der Waals surface area contributed by atoms with Crippen LogP contribution in [-0.4, -0.2) is 43.5 Å². The average Bonchev–Trinajstić information content (AvgIpc) is 3.27. The van der Waals surface area contributed by atoms with Gasteiger partial charge in [0.15, 0.2) is 11.5 Å². The zero-order valence-electron chi connectivity index (χ0n) is 13.8. The summed E-state index contributed by atoms with van der Waals surface area (Å²) in [5.74, 6) is 2.19. The lowest BCUT2D eigenvalue weighted by Crippen LogP contribution is -2.31. The highest BCUT2D eigenvalue weighted by Gasteiger charge is 2.24. The van der Waals surface area contributed by atoms with E-state index in [2.05, 4.69) is 9.88 Å². The maximum atomic E-state index is 12.5. The number of fused-ring (bicyclic) bond motifs is 2. The molecular weight excluding hydrogens is 308 g/mol. The molecule has 0 amide bonds. The van der Waals surface area contributed by atoms with Gasteiger partial charge in [0.25, 0.3) is 5.56 Å². The molecule has 0 bridgehead atoms. The van der Waals surface area contributed by atoms with Crippen molar-refractivity contribution in [3.63, 3.8) is 0 Å². The van der Waals surface area contributed by atoms with E-state index in [4.69, 9.17) is 14.2 Å². The molecule has 4 rings (SSSR count). The number of hydrogen-bond donors (Lipinski definition) is 1. The first kappa shape index (κ1) is 15.5. The zero-order chi connectivity index (χ0) is 16.5. The van der Waals surface area contributed by atoms with E-state index in [1.165, 1.54) is 12.8 Å². The fourth-order valence-electron chi connectivity index (χ4n) is 3.12. The van der Waals surface area contributed by atoms with Gasteiger partial charge in [0.05, 0.1) is 12.1 Å². The lowest BCUT2D eigenvalue weighted by Gasteiger charge is -2.21. The summed E-state index contributed by atoms with van der Waals surface area (Å²) >= 11 is 0. The molecule has 128 valence electrons. The Morgan fingerprint density at radius 3 is 2.79 bits per heavy atom. The summed E-state index contributed by atoms with van der Waals surface area (Å²) in [7, 11) is 1.71. The zero-order valence-corrected chi connectivity index (χ0v) is 13.8. The molecule has 2 aliphatic rings. The van der Waals surface area contributed by atoms with Gasteiger partial charge in [0.1, 0.15) is 0 Å². The fourth-order valence-corrected chi connectivity index (χ4v) is 3.12. The summed E-state index contributed by atoms with van der Waals surface area (Å²) in [5.41, 5.74) is 1.51. The van der Waals surface area contributed by atoms with E-state index >= 15 is 0 Å². The van der Waals surface area contributed by atoms with E-state index in [9.17, 15) is 4.79 Å². The maximum Gasteiger partial charge on any atom is 0.252 e. The highest BCUT2D eigenvalue weighted by Crippen LogP contribution is 2.35. The second kappa shape index (κ2) is 6.45. The molecular formula is C18H22N2O4. The van der Waals surface area contributed by atoms with Crippen molar-refractivity contribution in [2.45, 2.75) is 19.4 Å². The molecule has 0 spiro atoms. The van der Waals surface area contributed by atoms with Crippen molar-refractivity contribution in [3.05, 3.63) is 34.1 Å². The third-order valence-corrected chi connectivity index (χ3v) is 4.63. The summed E-state index contributed by atoms with van der Waals surface area (Å²) in [6.45, 7) is 3.42. The summed E-state index contributed by atoms with van der Waals surface area (Å²) in [6.07, 6.45) is 2.59. The Balaban J connectivity index is 1.61. The molecule has 0 saturated heterocycles. The largest absolute Gasteiger partial charge is 0.454 e. The van der Waals surface area contributed by atoms with Gasteiger partial charge in [-0.3, -0.25) is 9.69 Å². The molecule has 0 radical (unpaired) electrons. The first-order valence-electron chi connectivity index (χ1n) is 8.40. The maximum absolute atomic E-state index is 12.5. The molecule has 0 unspecified atom stereocenters. The van der Waals surface area contributed by atoms with Crippen molar-refractivity contribution >= 4 is 10.9 Å². The van der Waals surface area contributed by atoms with Crippen LogP contribution in [-0.2, 0) is 11.3 Å². The molecule has 1 aliphatic carbocycles. The topological polar surface area (TPSA) is 63.8 Å². The molecule has 1 aromatic carbocycles. The predicted molar refractivity (Wildman–Crippen MR) is 90.6 cm³/mol. The van der Waals surface area contributed by atoms with Gasteiger partial charge in [-0.2, -0.15) is 0 Å². The standard InChI is InChI=1S/C18H22N2O4/c1-22-5-4-20(9-12-2-3-12)10-14-6-13-7-16-17(24-11-23-16)8-15(13)19-18(14)21/h6-8,12H,2-5,9-11H2,1H3,(H,19,21). The molecule has 2 heterocycles. The van der Waals surface area contributed by atoms with Crippen molar-refractivity contribution in [1.29, 1.82) is 0 Å². The Labute approximate surface area is 140 Å². The summed E-state index contributed by atoms with van der Waals surface area (Å²) in [4.78, 5) is 17.7. The number of benzene rings is 1. The summed E-state index contributed by atoms with van der Waals surface area (Å²) < 4.78 is 16.0. The summed E-state index contributed by atoms with van der Waals surface area (Å²) in [5, 5.41) is 0.965. The smallest absolute Gasteiger partial charge is 0.252 e. The Morgan fingerprint density at radius 1 is 1.25 bits per heavy atom. The lowest BCUT2D eigenvalue weighted by atomic mass is 10.1. The summed E-state index contributed by atoms with van der Waals surface area (Å²) in [6, 6.07) is 5.72. The molecule has 24 heavy (non-hydrogen) atoms. The van der Waals surface area contributed by atoms with E-state index in [0.717, 1.165) is 41.2 Å². The van der Waals surface area contributed by atoms with Crippen LogP contribution in [0.2, 0.25) is 0 Å². The van der Waals surface area contributed by atoms with E-state index in [1.54, 1.807) is 7.11 Å². The van der Waals surface area contributed by atoms with Crippen LogP contribution >= 0.6 is 0 Å². The average molecular weight is 330 g/mol. The predicted octanol–water partition coefficient (Wildman–Crippen LogP) is 2.12. The Morgan fingerprint density at radius 2 is 2.04 bits per heavy atom. The Bertz CT molecular complexity index is 797. The van der Waals surface area contributed by atoms with Crippen LogP contribution in [0.5, 0.6) is 11.5 Å². The minimum absolute atomic E-state index is 0.0421. The van der Waals surface area contributed by atoms with Crippen molar-refractivity contribution < 1.29 is 14.2 Å². The normalized spacial score (nSPS) is 16.2. The SMILES string of the molecule is COCCN(Cc1cc2cc3c(cc2[nH]c1=O)OCO3)CC1CC1. The van der Waals surface area contributed by atoms with Gasteiger partial charge in [-0.1, -0.05) is 0 Å². The third kappa shape index (κ3) is 3.25. The van der Waals surface area contributed by atoms with Crippen molar-refractivity contribution in [2.75, 3.05) is 33.6 Å². The van der Waals surface area contributed by atoms with Crippen LogP contribution in [0.15, 0.2) is 23.0 Å². The first-order valence-corrected chi connectivity index (χ1v) is 8.40. The van der Waals surface area contributed by atoms with Gasteiger partial charge < -0.3 is 19.2 Å². The molecule has 0 atom stereocenters. The fraction of sp³-hybridized carbons (Fsp3) is 0.500. The molecule has 1 saturated carbocycles. The minimum Gasteiger partial charge on any atom is -0.454 e. The number of hydrogen-bond acceptors (Lipinski definition) is 5. The van der Waals surface area contributed by atoms with Gasteiger partial charge in [0, 0.05) is 43.8 Å². The van der Waals surface area contributed by atoms with Gasteiger partial charge in [-0.15, -0.1) is 0 Å². The quantitative estimate of drug-likeness (QED) is 0.842. The van der Waals surface area contributed by atoms with Crippen LogP contribution in [0.3, 0.4) is 0 Å². The number of H-pyrrole nitrogens is 1. The van der Waals surface area contributed by atoms with Crippen molar-refractivity contribution in [3.8, 4) is 11.5 Å². The molecule has 1 N–H and O–H groups in total. The van der Waals surface area contributed by atoms with Crippen molar-refractivity contribution in [2.24, 2.45) is 5.92 Å². The van der Waals surface area contributed by atoms with Crippen LogP contribution in [0.4, 0.5) is 0 Å². The van der Waals surface area contributed by atoms with Gasteiger partial charge >= 0.3 is 0 Å². The Kier molecular flexibility index (Phi) is 4.16. The minimum atomic E-state index is -0.0421. The molecule has 1 aromatic heterocycles. The highest BCUT2D eigenvalue weighted by molar-refractivity contribution is 5.83. The second-order valence-corrected chi connectivity index (χ2v) is 6.59. The van der Waals surface area contributed by atoms with Gasteiger partial charge in [-0.25, -0.2) is 0 Å². The van der Waals surface area contributed by atoms with E-state index < -0.39 is 0 Å². The number of rotatable bonds is 7. The Hall–Kier alpha value is -2.05. The molecule has 6 heteroatoms. The van der Waals surface area contributed by atoms with Gasteiger partial charge in [0.2, 0.25) is 6.79 Å². The van der Waals surface area contributed by atoms with Crippen LogP contribution in [0.25, 0.3) is 10.9 Å². The molecule has 6 nitrogen and oxygen atoms in total. The monoisotopic (exact) mass is 330 g/mol. The second-order valence-electron chi connectivity index (χ2n) is 6.59. The number of nitrogens with zero attached hydrogens (tertiary/aromatic N) is 1. The van der Waals surface area contributed by atoms with Gasteiger partial charge in [-0.05, 0) is 30.9 Å². The number of ether oxygens (including phenoxy) is 3. The van der Waals surface area contributed by atoms with E-state index in [1.807, 2.05) is 18.2 Å². The number of aromatic nitrogens is 1. The van der Waals surface area contributed by atoms with Crippen LogP contribution in [0.1, 0.15) is 18.4 Å². The van der Waals surface area contributed by atoms with Crippen LogP contribution in [0, 0.1) is 5.92 Å². The third-order valence-electron chi connectivity index (χ3n) is 4.63. The lowest BCUT2D eigenvalue weighted by molar-refractivity contribution is 0.140. The number of aromatic amines is 1. The highest BCUT2D eigenvalue weighted by atomic mass is 16.7. The van der Waals surface area contributed by atoms with E-state index in [0.29, 0.717) is 18.9 Å². The number of nitrogens with one attached hydrogen (secondary N) is 1. The molecule has 1 fully saturated rings. The molecule has 2 aromatic rings. The molecule has 1 aliphatic heterocycles. The van der Waals surface area contributed by atoms with E-state index in [-0.39, 0.29) is 12.4 Å². The number of methoxy groups -OCH3 is 1. The van der Waals surface area contributed by atoms with Crippen LogP contribution < -0.4 is 15.0 Å². The number of pyridine rings is 1. The first-order chi connectivity index (χ1) is 11.7. The van der Waals surface area contributed by atoms with Crippen molar-refractivity contribution in [1.82, 2.24) is 9.88 Å².